The van der Waals surface area contributed by atoms with Crippen molar-refractivity contribution < 1.29 is 4.74 Å². The lowest BCUT2D eigenvalue weighted by atomic mass is 10.1. The molecule has 1 aromatic heterocycles. The number of aromatic nitrogens is 1. The van der Waals surface area contributed by atoms with Crippen LogP contribution in [0.4, 0.5) is 0 Å². The average molecular weight is 221 g/mol. The minimum Gasteiger partial charge on any atom is -0.481 e. The van der Waals surface area contributed by atoms with Crippen LogP contribution >= 0.6 is 0 Å². The molecule has 88 valence electrons. The number of ether oxygens (including phenoxy) is 1. The lowest BCUT2D eigenvalue weighted by molar-refractivity contribution is 0.203. The molecular formula is C12H19N3O. The lowest BCUT2D eigenvalue weighted by Gasteiger charge is -2.29. The highest BCUT2D eigenvalue weighted by atomic mass is 16.5. The molecule has 0 spiro atoms. The van der Waals surface area contributed by atoms with Gasteiger partial charge in [0.25, 0.3) is 0 Å². The van der Waals surface area contributed by atoms with Crippen LogP contribution in [0.1, 0.15) is 18.5 Å². The number of nitrogens with zero attached hydrogens (tertiary/aromatic N) is 2. The third-order valence-electron chi connectivity index (χ3n) is 3.01. The molecule has 0 amide bonds. The molecule has 0 atom stereocenters. The molecule has 1 fully saturated rings. The molecule has 1 aliphatic heterocycles. The summed E-state index contributed by atoms with van der Waals surface area (Å²) < 4.78 is 5.11. The molecule has 1 aromatic rings. The van der Waals surface area contributed by atoms with Crippen LogP contribution in [-0.2, 0) is 6.54 Å². The first-order chi connectivity index (χ1) is 7.78. The van der Waals surface area contributed by atoms with Crippen molar-refractivity contribution >= 4 is 0 Å². The molecule has 4 nitrogen and oxygen atoms in total. The van der Waals surface area contributed by atoms with E-state index in [1.54, 1.807) is 7.11 Å². The van der Waals surface area contributed by atoms with E-state index in [1.165, 1.54) is 0 Å². The highest BCUT2D eigenvalue weighted by Gasteiger charge is 2.16. The van der Waals surface area contributed by atoms with E-state index in [-0.39, 0.29) is 0 Å². The zero-order valence-electron chi connectivity index (χ0n) is 9.72. The smallest absolute Gasteiger partial charge is 0.213 e. The fraction of sp³-hybridized carbons (Fsp3) is 0.583. The van der Waals surface area contributed by atoms with E-state index in [2.05, 4.69) is 9.88 Å². The Hall–Kier alpha value is -1.13. The van der Waals surface area contributed by atoms with Gasteiger partial charge < -0.3 is 10.5 Å². The van der Waals surface area contributed by atoms with E-state index in [9.17, 15) is 0 Å². The predicted molar refractivity (Wildman–Crippen MR) is 63.3 cm³/mol. The van der Waals surface area contributed by atoms with Crippen LogP contribution in [0.5, 0.6) is 5.88 Å². The predicted octanol–water partition coefficient (Wildman–Crippen LogP) is 1.01. The van der Waals surface area contributed by atoms with Crippen LogP contribution in [0.3, 0.4) is 0 Å². The fourth-order valence-corrected chi connectivity index (χ4v) is 2.00. The van der Waals surface area contributed by atoms with Gasteiger partial charge in [-0.3, -0.25) is 4.90 Å². The summed E-state index contributed by atoms with van der Waals surface area (Å²) in [6, 6.07) is 6.28. The lowest BCUT2D eigenvalue weighted by Crippen LogP contribution is -2.39. The average Bonchev–Trinajstić information content (AvgIpc) is 2.32. The SMILES string of the molecule is COc1cccc(CN2CCC(N)CC2)n1. The second-order valence-electron chi connectivity index (χ2n) is 4.28. The largest absolute Gasteiger partial charge is 0.481 e. The van der Waals surface area contributed by atoms with Crippen LogP contribution in [0, 0.1) is 0 Å². The number of hydrogen-bond donors (Lipinski definition) is 1. The summed E-state index contributed by atoms with van der Waals surface area (Å²) >= 11 is 0. The van der Waals surface area contributed by atoms with Crippen LogP contribution in [0.25, 0.3) is 0 Å². The zero-order chi connectivity index (χ0) is 11.4. The van der Waals surface area contributed by atoms with Gasteiger partial charge in [0.15, 0.2) is 0 Å². The molecule has 0 aromatic carbocycles. The fourth-order valence-electron chi connectivity index (χ4n) is 2.00. The third-order valence-corrected chi connectivity index (χ3v) is 3.01. The van der Waals surface area contributed by atoms with Gasteiger partial charge in [0.2, 0.25) is 5.88 Å². The molecule has 16 heavy (non-hydrogen) atoms. The van der Waals surface area contributed by atoms with Crippen molar-refractivity contribution in [2.75, 3.05) is 20.2 Å². The summed E-state index contributed by atoms with van der Waals surface area (Å²) in [5, 5.41) is 0. The Balaban J connectivity index is 1.93. The van der Waals surface area contributed by atoms with Crippen LogP contribution < -0.4 is 10.5 Å². The van der Waals surface area contributed by atoms with Gasteiger partial charge in [-0.25, -0.2) is 4.98 Å². The number of nitrogens with two attached hydrogens (primary N) is 1. The molecule has 2 rings (SSSR count). The Kier molecular flexibility index (Phi) is 3.74. The van der Waals surface area contributed by atoms with E-state index >= 15 is 0 Å². The van der Waals surface area contributed by atoms with E-state index in [1.807, 2.05) is 18.2 Å². The number of likely N-dealkylation sites (tertiary alicyclic amines) is 1. The molecule has 1 saturated heterocycles. The Morgan fingerprint density at radius 2 is 2.19 bits per heavy atom. The number of methoxy groups -OCH3 is 1. The normalized spacial score (nSPS) is 18.6. The molecule has 2 N–H and O–H groups in total. The molecule has 4 heteroatoms. The molecule has 1 aliphatic rings. The van der Waals surface area contributed by atoms with Crippen molar-refractivity contribution in [1.82, 2.24) is 9.88 Å². The molecule has 0 bridgehead atoms. The second-order valence-corrected chi connectivity index (χ2v) is 4.28. The van der Waals surface area contributed by atoms with Gasteiger partial charge in [0.05, 0.1) is 12.8 Å². The Bertz CT molecular complexity index is 335. The van der Waals surface area contributed by atoms with Crippen molar-refractivity contribution in [3.63, 3.8) is 0 Å². The van der Waals surface area contributed by atoms with Crippen LogP contribution in [0.2, 0.25) is 0 Å². The molecule has 0 unspecified atom stereocenters. The topological polar surface area (TPSA) is 51.4 Å². The molecular weight excluding hydrogens is 202 g/mol. The van der Waals surface area contributed by atoms with Gasteiger partial charge >= 0.3 is 0 Å². The Morgan fingerprint density at radius 3 is 2.88 bits per heavy atom. The third kappa shape index (κ3) is 2.93. The maximum Gasteiger partial charge on any atom is 0.213 e. The van der Waals surface area contributed by atoms with Gasteiger partial charge in [0, 0.05) is 31.7 Å². The monoisotopic (exact) mass is 221 g/mol. The number of rotatable bonds is 3. The van der Waals surface area contributed by atoms with E-state index in [0.717, 1.165) is 38.2 Å². The highest BCUT2D eigenvalue weighted by molar-refractivity contribution is 5.15. The summed E-state index contributed by atoms with van der Waals surface area (Å²) in [4.78, 5) is 6.80. The van der Waals surface area contributed by atoms with Gasteiger partial charge in [0.1, 0.15) is 0 Å². The van der Waals surface area contributed by atoms with Gasteiger partial charge in [-0.15, -0.1) is 0 Å². The molecule has 0 saturated carbocycles. The molecule has 0 aliphatic carbocycles. The van der Waals surface area contributed by atoms with Gasteiger partial charge in [-0.05, 0) is 18.9 Å². The summed E-state index contributed by atoms with van der Waals surface area (Å²) in [5.74, 6) is 0.686. The van der Waals surface area contributed by atoms with Crippen molar-refractivity contribution in [2.45, 2.75) is 25.4 Å². The zero-order valence-corrected chi connectivity index (χ0v) is 9.72. The quantitative estimate of drug-likeness (QED) is 0.827. The number of piperidine rings is 1. The standard InChI is InChI=1S/C12H19N3O/c1-16-12-4-2-3-11(14-12)9-15-7-5-10(13)6-8-15/h2-4,10H,5-9,13H2,1H3. The van der Waals surface area contributed by atoms with E-state index in [0.29, 0.717) is 11.9 Å². The van der Waals surface area contributed by atoms with E-state index < -0.39 is 0 Å². The highest BCUT2D eigenvalue weighted by Crippen LogP contribution is 2.13. The van der Waals surface area contributed by atoms with Crippen LogP contribution in [-0.4, -0.2) is 36.1 Å². The van der Waals surface area contributed by atoms with Gasteiger partial charge in [-0.2, -0.15) is 0 Å². The molecule has 2 heterocycles. The first-order valence-electron chi connectivity index (χ1n) is 5.76. The summed E-state index contributed by atoms with van der Waals surface area (Å²) in [5.41, 5.74) is 6.94. The summed E-state index contributed by atoms with van der Waals surface area (Å²) in [7, 11) is 1.64. The van der Waals surface area contributed by atoms with Gasteiger partial charge in [-0.1, -0.05) is 6.07 Å². The second kappa shape index (κ2) is 5.27. The van der Waals surface area contributed by atoms with Crippen molar-refractivity contribution in [3.05, 3.63) is 23.9 Å². The molecule has 0 radical (unpaired) electrons. The first-order valence-corrected chi connectivity index (χ1v) is 5.76. The van der Waals surface area contributed by atoms with Crippen LogP contribution in [0.15, 0.2) is 18.2 Å². The number of pyridine rings is 1. The summed E-state index contributed by atoms with van der Waals surface area (Å²) in [6.07, 6.45) is 2.17. The van der Waals surface area contributed by atoms with Crippen molar-refractivity contribution in [2.24, 2.45) is 5.73 Å². The number of hydrogen-bond acceptors (Lipinski definition) is 4. The van der Waals surface area contributed by atoms with Crippen molar-refractivity contribution in [3.8, 4) is 5.88 Å². The maximum atomic E-state index is 5.87. The van der Waals surface area contributed by atoms with E-state index in [4.69, 9.17) is 10.5 Å². The first kappa shape index (κ1) is 11.4. The Labute approximate surface area is 96.4 Å². The Morgan fingerprint density at radius 1 is 1.44 bits per heavy atom. The minimum atomic E-state index is 0.384. The minimum absolute atomic E-state index is 0.384. The van der Waals surface area contributed by atoms with Crippen molar-refractivity contribution in [1.29, 1.82) is 0 Å². The maximum absolute atomic E-state index is 5.87. The summed E-state index contributed by atoms with van der Waals surface area (Å²) in [6.45, 7) is 3.03.